The van der Waals surface area contributed by atoms with E-state index < -0.39 is 0 Å². The quantitative estimate of drug-likeness (QED) is 0.734. The van der Waals surface area contributed by atoms with Gasteiger partial charge in [0.2, 0.25) is 0 Å². The van der Waals surface area contributed by atoms with Gasteiger partial charge in [0.1, 0.15) is 0 Å². The van der Waals surface area contributed by atoms with Crippen molar-refractivity contribution in [3.63, 3.8) is 0 Å². The Kier molecular flexibility index (Phi) is 7.33. The smallest absolute Gasteiger partial charge is 0.0594 e. The van der Waals surface area contributed by atoms with Crippen molar-refractivity contribution < 1.29 is 4.74 Å². The number of nitrogens with zero attached hydrogens (tertiary/aromatic N) is 1. The maximum Gasteiger partial charge on any atom is 0.0594 e. The highest BCUT2D eigenvalue weighted by Crippen LogP contribution is 2.28. The van der Waals surface area contributed by atoms with Gasteiger partial charge >= 0.3 is 0 Å². The van der Waals surface area contributed by atoms with Gasteiger partial charge in [0.05, 0.1) is 13.2 Å². The molecule has 2 unspecified atom stereocenters. The molecule has 1 saturated heterocycles. The topological polar surface area (TPSA) is 24.5 Å². The van der Waals surface area contributed by atoms with E-state index in [1.54, 1.807) is 0 Å². The van der Waals surface area contributed by atoms with E-state index in [1.165, 1.54) is 25.7 Å². The third-order valence-corrected chi connectivity index (χ3v) is 4.82. The van der Waals surface area contributed by atoms with E-state index in [0.717, 1.165) is 32.2 Å². The molecule has 114 valence electrons. The average Bonchev–Trinajstić information content (AvgIpc) is 2.43. The first-order valence-electron chi connectivity index (χ1n) is 8.04. The van der Waals surface area contributed by atoms with Gasteiger partial charge in [-0.3, -0.25) is 4.90 Å². The summed E-state index contributed by atoms with van der Waals surface area (Å²) in [5.41, 5.74) is 0.259. The molecule has 1 heterocycles. The second kappa shape index (κ2) is 8.23. The van der Waals surface area contributed by atoms with Crippen LogP contribution in [-0.4, -0.2) is 49.8 Å². The summed E-state index contributed by atoms with van der Waals surface area (Å²) in [4.78, 5) is 2.63. The lowest BCUT2D eigenvalue weighted by atomic mass is 9.83. The van der Waals surface area contributed by atoms with Gasteiger partial charge < -0.3 is 10.1 Å². The minimum absolute atomic E-state index is 0.259. The molecule has 0 radical (unpaired) electrons. The fourth-order valence-corrected chi connectivity index (χ4v) is 3.26. The normalized spacial score (nSPS) is 22.4. The van der Waals surface area contributed by atoms with Crippen molar-refractivity contribution in [2.24, 2.45) is 5.92 Å². The van der Waals surface area contributed by atoms with E-state index in [-0.39, 0.29) is 5.54 Å². The first-order valence-corrected chi connectivity index (χ1v) is 8.04. The van der Waals surface area contributed by atoms with Crippen LogP contribution in [0.4, 0.5) is 0 Å². The predicted molar refractivity (Wildman–Crippen MR) is 82.6 cm³/mol. The minimum Gasteiger partial charge on any atom is -0.379 e. The standard InChI is InChI=1S/C16H34N2O/c1-6-16(4,18-10-12-19-13-11-18)15(17-5)9-7-8-14(2)3/h14-15,17H,6-13H2,1-5H3. The summed E-state index contributed by atoms with van der Waals surface area (Å²) >= 11 is 0. The zero-order chi connectivity index (χ0) is 14.3. The highest BCUT2D eigenvalue weighted by molar-refractivity contribution is 4.96. The third-order valence-electron chi connectivity index (χ3n) is 4.82. The van der Waals surface area contributed by atoms with Crippen molar-refractivity contribution in [1.82, 2.24) is 10.2 Å². The summed E-state index contributed by atoms with van der Waals surface area (Å²) in [5, 5.41) is 3.58. The lowest BCUT2D eigenvalue weighted by Crippen LogP contribution is -2.61. The molecule has 2 atom stereocenters. The van der Waals surface area contributed by atoms with Crippen LogP contribution >= 0.6 is 0 Å². The van der Waals surface area contributed by atoms with E-state index in [0.29, 0.717) is 6.04 Å². The monoisotopic (exact) mass is 270 g/mol. The van der Waals surface area contributed by atoms with Crippen molar-refractivity contribution in [3.8, 4) is 0 Å². The van der Waals surface area contributed by atoms with E-state index in [1.807, 2.05) is 0 Å². The van der Waals surface area contributed by atoms with Gasteiger partial charge in [-0.1, -0.05) is 33.6 Å². The maximum absolute atomic E-state index is 5.50. The van der Waals surface area contributed by atoms with Gasteiger partial charge in [-0.15, -0.1) is 0 Å². The minimum atomic E-state index is 0.259. The average molecular weight is 270 g/mol. The van der Waals surface area contributed by atoms with E-state index in [4.69, 9.17) is 4.74 Å². The van der Waals surface area contributed by atoms with Crippen LogP contribution < -0.4 is 5.32 Å². The summed E-state index contributed by atoms with van der Waals surface area (Å²) in [6.45, 7) is 13.3. The SMILES string of the molecule is CCC(C)(C(CCCC(C)C)NC)N1CCOCC1. The lowest BCUT2D eigenvalue weighted by molar-refractivity contribution is -0.0327. The van der Waals surface area contributed by atoms with Crippen LogP contribution in [0.15, 0.2) is 0 Å². The third kappa shape index (κ3) is 4.73. The molecule has 3 heteroatoms. The molecule has 0 spiro atoms. The molecule has 1 aliphatic rings. The van der Waals surface area contributed by atoms with Gasteiger partial charge in [-0.2, -0.15) is 0 Å². The number of ether oxygens (including phenoxy) is 1. The second-order valence-corrected chi connectivity index (χ2v) is 6.48. The Morgan fingerprint density at radius 3 is 2.32 bits per heavy atom. The molecule has 0 aromatic rings. The molecule has 1 rings (SSSR count). The Labute approximate surface area is 120 Å². The first-order chi connectivity index (χ1) is 9.04. The molecule has 0 aromatic carbocycles. The predicted octanol–water partition coefficient (Wildman–Crippen LogP) is 2.90. The molecule has 1 fully saturated rings. The highest BCUT2D eigenvalue weighted by Gasteiger charge is 2.37. The van der Waals surface area contributed by atoms with Crippen LogP contribution in [0, 0.1) is 5.92 Å². The summed E-state index contributed by atoms with van der Waals surface area (Å²) in [7, 11) is 2.12. The molecule has 1 aliphatic heterocycles. The molecule has 0 saturated carbocycles. The molecule has 0 amide bonds. The Morgan fingerprint density at radius 1 is 1.21 bits per heavy atom. The second-order valence-electron chi connectivity index (χ2n) is 6.48. The van der Waals surface area contributed by atoms with E-state index in [2.05, 4.69) is 45.0 Å². The number of nitrogens with one attached hydrogen (secondary N) is 1. The fourth-order valence-electron chi connectivity index (χ4n) is 3.26. The Balaban J connectivity index is 2.61. The molecule has 0 bridgehead atoms. The van der Waals surface area contributed by atoms with Crippen molar-refractivity contribution >= 4 is 0 Å². The lowest BCUT2D eigenvalue weighted by Gasteiger charge is -2.48. The molecular weight excluding hydrogens is 236 g/mol. The zero-order valence-electron chi connectivity index (χ0n) is 13.7. The molecule has 3 nitrogen and oxygen atoms in total. The Hall–Kier alpha value is -0.120. The van der Waals surface area contributed by atoms with Crippen LogP contribution in [-0.2, 0) is 4.74 Å². The summed E-state index contributed by atoms with van der Waals surface area (Å²) < 4.78 is 5.50. The first kappa shape index (κ1) is 16.9. The summed E-state index contributed by atoms with van der Waals surface area (Å²) in [6.07, 6.45) is 5.13. The van der Waals surface area contributed by atoms with Crippen molar-refractivity contribution in [2.45, 2.75) is 65.0 Å². The number of hydrogen-bond donors (Lipinski definition) is 1. The van der Waals surface area contributed by atoms with Crippen LogP contribution in [0.3, 0.4) is 0 Å². The van der Waals surface area contributed by atoms with Gasteiger partial charge in [0.25, 0.3) is 0 Å². The number of morpholine rings is 1. The Bertz CT molecular complexity index is 239. The van der Waals surface area contributed by atoms with Crippen molar-refractivity contribution in [3.05, 3.63) is 0 Å². The number of likely N-dealkylation sites (N-methyl/N-ethyl adjacent to an activating group) is 1. The molecule has 0 aromatic heterocycles. The molecule has 0 aliphatic carbocycles. The summed E-state index contributed by atoms with van der Waals surface area (Å²) in [6, 6.07) is 0.578. The maximum atomic E-state index is 5.50. The van der Waals surface area contributed by atoms with Crippen LogP contribution in [0.1, 0.15) is 53.4 Å². The van der Waals surface area contributed by atoms with E-state index in [9.17, 15) is 0 Å². The van der Waals surface area contributed by atoms with Crippen molar-refractivity contribution in [2.75, 3.05) is 33.4 Å². The highest BCUT2D eigenvalue weighted by atomic mass is 16.5. The van der Waals surface area contributed by atoms with Gasteiger partial charge in [0.15, 0.2) is 0 Å². The summed E-state index contributed by atoms with van der Waals surface area (Å²) in [5.74, 6) is 0.814. The molecular formula is C16H34N2O. The molecule has 1 N–H and O–H groups in total. The van der Waals surface area contributed by atoms with Crippen LogP contribution in [0.25, 0.3) is 0 Å². The van der Waals surface area contributed by atoms with Gasteiger partial charge in [-0.25, -0.2) is 0 Å². The van der Waals surface area contributed by atoms with Crippen LogP contribution in [0.5, 0.6) is 0 Å². The zero-order valence-corrected chi connectivity index (χ0v) is 13.7. The Morgan fingerprint density at radius 2 is 1.84 bits per heavy atom. The molecule has 19 heavy (non-hydrogen) atoms. The van der Waals surface area contributed by atoms with Crippen molar-refractivity contribution in [1.29, 1.82) is 0 Å². The fraction of sp³-hybridized carbons (Fsp3) is 1.00. The van der Waals surface area contributed by atoms with Gasteiger partial charge in [0, 0.05) is 24.7 Å². The largest absolute Gasteiger partial charge is 0.379 e. The van der Waals surface area contributed by atoms with E-state index >= 15 is 0 Å². The van der Waals surface area contributed by atoms with Gasteiger partial charge in [-0.05, 0) is 32.7 Å². The van der Waals surface area contributed by atoms with Crippen LogP contribution in [0.2, 0.25) is 0 Å². The number of hydrogen-bond acceptors (Lipinski definition) is 3. The number of rotatable bonds is 8.